The van der Waals surface area contributed by atoms with Crippen LogP contribution in [0.3, 0.4) is 0 Å². The van der Waals surface area contributed by atoms with E-state index in [9.17, 15) is 0 Å². The predicted molar refractivity (Wildman–Crippen MR) is 68.9 cm³/mol. The van der Waals surface area contributed by atoms with E-state index in [0.717, 1.165) is 26.1 Å². The van der Waals surface area contributed by atoms with Crippen LogP contribution in [0.15, 0.2) is 16.7 Å². The Morgan fingerprint density at radius 2 is 2.44 bits per heavy atom. The van der Waals surface area contributed by atoms with E-state index >= 15 is 0 Å². The Morgan fingerprint density at radius 1 is 1.50 bits per heavy atom. The van der Waals surface area contributed by atoms with Crippen molar-refractivity contribution in [2.45, 2.75) is 25.3 Å². The van der Waals surface area contributed by atoms with Gasteiger partial charge < -0.3 is 10.2 Å². The summed E-state index contributed by atoms with van der Waals surface area (Å²) >= 11 is 3.64. The maximum absolute atomic E-state index is 4.57. The molecule has 2 aliphatic heterocycles. The lowest BCUT2D eigenvalue weighted by Crippen LogP contribution is -2.43. The molecule has 0 radical (unpaired) electrons. The van der Waals surface area contributed by atoms with Crippen molar-refractivity contribution in [3.8, 4) is 0 Å². The Bertz CT molecular complexity index is 394. The van der Waals surface area contributed by atoms with Gasteiger partial charge in [-0.1, -0.05) is 15.9 Å². The van der Waals surface area contributed by atoms with E-state index in [1.165, 1.54) is 28.7 Å². The Labute approximate surface area is 104 Å². The molecule has 0 bridgehead atoms. The molecule has 0 spiro atoms. The van der Waals surface area contributed by atoms with Crippen molar-refractivity contribution in [2.24, 2.45) is 0 Å². The van der Waals surface area contributed by atoms with E-state index < -0.39 is 0 Å². The Balaban J connectivity index is 2.00. The molecule has 2 aliphatic rings. The number of fused-ring (bicyclic) bond motifs is 3. The molecule has 0 aromatic carbocycles. The second-order valence-electron chi connectivity index (χ2n) is 4.54. The molecule has 3 heterocycles. The summed E-state index contributed by atoms with van der Waals surface area (Å²) in [7, 11) is 0. The first kappa shape index (κ1) is 10.5. The third kappa shape index (κ3) is 1.74. The minimum Gasteiger partial charge on any atom is -0.352 e. The highest BCUT2D eigenvalue weighted by Crippen LogP contribution is 2.33. The number of halogens is 1. The molecule has 0 amide bonds. The van der Waals surface area contributed by atoms with Crippen molar-refractivity contribution in [3.05, 3.63) is 22.3 Å². The number of aromatic nitrogens is 1. The molecule has 3 rings (SSSR count). The summed E-state index contributed by atoms with van der Waals surface area (Å²) in [6.45, 7) is 3.37. The van der Waals surface area contributed by atoms with Gasteiger partial charge in [0.15, 0.2) is 0 Å². The average Bonchev–Trinajstić information content (AvgIpc) is 2.54. The topological polar surface area (TPSA) is 28.2 Å². The van der Waals surface area contributed by atoms with Crippen molar-refractivity contribution in [2.75, 3.05) is 24.5 Å². The second-order valence-corrected chi connectivity index (χ2v) is 5.39. The Morgan fingerprint density at radius 3 is 3.38 bits per heavy atom. The molecule has 1 N–H and O–H groups in total. The fourth-order valence-corrected chi connectivity index (χ4v) is 3.21. The summed E-state index contributed by atoms with van der Waals surface area (Å²) in [5.74, 6) is 1.20. The molecule has 4 heteroatoms. The van der Waals surface area contributed by atoms with Gasteiger partial charge in [-0.3, -0.25) is 0 Å². The molecule has 1 saturated heterocycles. The summed E-state index contributed by atoms with van der Waals surface area (Å²) in [5.41, 5.74) is 1.39. The second kappa shape index (κ2) is 4.34. The van der Waals surface area contributed by atoms with Crippen LogP contribution < -0.4 is 10.2 Å². The number of nitrogens with one attached hydrogen (secondary N) is 1. The zero-order valence-corrected chi connectivity index (χ0v) is 10.8. The molecule has 86 valence electrons. The van der Waals surface area contributed by atoms with Gasteiger partial charge in [-0.05, 0) is 31.9 Å². The molecule has 1 atom stereocenters. The van der Waals surface area contributed by atoms with Crippen molar-refractivity contribution >= 4 is 21.7 Å². The lowest BCUT2D eigenvalue weighted by Gasteiger charge is -2.36. The first-order valence-corrected chi connectivity index (χ1v) is 6.76. The van der Waals surface area contributed by atoms with Crippen LogP contribution >= 0.6 is 15.9 Å². The number of rotatable bonds is 0. The van der Waals surface area contributed by atoms with E-state index in [0.29, 0.717) is 6.04 Å². The maximum Gasteiger partial charge on any atom is 0.133 e. The van der Waals surface area contributed by atoms with Gasteiger partial charge in [0, 0.05) is 35.4 Å². The van der Waals surface area contributed by atoms with Crippen LogP contribution in [-0.4, -0.2) is 30.7 Å². The number of pyridine rings is 1. The molecule has 0 aliphatic carbocycles. The molecule has 1 aromatic heterocycles. The maximum atomic E-state index is 4.57. The fourth-order valence-electron chi connectivity index (χ4n) is 2.72. The van der Waals surface area contributed by atoms with Crippen molar-refractivity contribution < 1.29 is 0 Å². The number of nitrogens with zero attached hydrogens (tertiary/aromatic N) is 2. The van der Waals surface area contributed by atoms with Crippen LogP contribution in [-0.2, 0) is 6.42 Å². The first-order valence-electron chi connectivity index (χ1n) is 5.97. The number of hydrogen-bond acceptors (Lipinski definition) is 3. The quantitative estimate of drug-likeness (QED) is 0.788. The molecule has 3 nitrogen and oxygen atoms in total. The highest BCUT2D eigenvalue weighted by molar-refractivity contribution is 9.10. The highest BCUT2D eigenvalue weighted by atomic mass is 79.9. The molecule has 0 unspecified atom stereocenters. The van der Waals surface area contributed by atoms with Gasteiger partial charge in [-0.25, -0.2) is 4.98 Å². The van der Waals surface area contributed by atoms with E-state index in [2.05, 4.69) is 37.2 Å². The van der Waals surface area contributed by atoms with E-state index in [1.807, 2.05) is 6.20 Å². The summed E-state index contributed by atoms with van der Waals surface area (Å²) < 4.78 is 1.22. The minimum atomic E-state index is 0.636. The van der Waals surface area contributed by atoms with Crippen LogP contribution in [0.1, 0.15) is 18.4 Å². The number of anilines is 1. The van der Waals surface area contributed by atoms with Gasteiger partial charge in [-0.2, -0.15) is 0 Å². The van der Waals surface area contributed by atoms with E-state index in [1.54, 1.807) is 0 Å². The summed E-state index contributed by atoms with van der Waals surface area (Å²) in [6, 6.07) is 2.69. The minimum absolute atomic E-state index is 0.636. The average molecular weight is 282 g/mol. The van der Waals surface area contributed by atoms with Gasteiger partial charge in [0.1, 0.15) is 5.82 Å². The monoisotopic (exact) mass is 281 g/mol. The van der Waals surface area contributed by atoms with Crippen LogP contribution in [0, 0.1) is 0 Å². The van der Waals surface area contributed by atoms with Crippen LogP contribution in [0.2, 0.25) is 0 Å². The Kier molecular flexibility index (Phi) is 2.86. The molecular weight excluding hydrogens is 266 g/mol. The fraction of sp³-hybridized carbons (Fsp3) is 0.583. The third-order valence-electron chi connectivity index (χ3n) is 3.55. The molecule has 1 aromatic rings. The van der Waals surface area contributed by atoms with Gasteiger partial charge in [0.05, 0.1) is 0 Å². The lowest BCUT2D eigenvalue weighted by molar-refractivity contribution is 0.523. The van der Waals surface area contributed by atoms with E-state index in [-0.39, 0.29) is 0 Å². The third-order valence-corrected chi connectivity index (χ3v) is 4.29. The molecule has 0 saturated carbocycles. The number of hydrogen-bond donors (Lipinski definition) is 1. The van der Waals surface area contributed by atoms with Crippen molar-refractivity contribution in [3.63, 3.8) is 0 Å². The van der Waals surface area contributed by atoms with E-state index in [4.69, 9.17) is 0 Å². The summed E-state index contributed by atoms with van der Waals surface area (Å²) in [6.07, 6.45) is 5.50. The smallest absolute Gasteiger partial charge is 0.133 e. The predicted octanol–water partition coefficient (Wildman–Crippen LogP) is 1.96. The lowest BCUT2D eigenvalue weighted by atomic mass is 9.99. The zero-order valence-electron chi connectivity index (χ0n) is 9.25. The summed E-state index contributed by atoms with van der Waals surface area (Å²) in [4.78, 5) is 7.06. The molecule has 1 fully saturated rings. The Hall–Kier alpha value is -0.610. The largest absolute Gasteiger partial charge is 0.352 e. The van der Waals surface area contributed by atoms with Gasteiger partial charge in [0.25, 0.3) is 0 Å². The van der Waals surface area contributed by atoms with Crippen LogP contribution in [0.25, 0.3) is 0 Å². The van der Waals surface area contributed by atoms with Crippen molar-refractivity contribution in [1.82, 2.24) is 10.3 Å². The van der Waals surface area contributed by atoms with Gasteiger partial charge >= 0.3 is 0 Å². The normalized spacial score (nSPS) is 24.6. The van der Waals surface area contributed by atoms with Gasteiger partial charge in [-0.15, -0.1) is 0 Å². The van der Waals surface area contributed by atoms with Gasteiger partial charge in [0.2, 0.25) is 0 Å². The van der Waals surface area contributed by atoms with Crippen molar-refractivity contribution in [1.29, 1.82) is 0 Å². The molecular formula is C12H16BrN3. The van der Waals surface area contributed by atoms with Crippen LogP contribution in [0.5, 0.6) is 0 Å². The molecule has 16 heavy (non-hydrogen) atoms. The van der Waals surface area contributed by atoms with Crippen LogP contribution in [0.4, 0.5) is 5.82 Å². The standard InChI is InChI=1S/C12H16BrN3/c13-11-4-6-15-12-10(11)3-2-9-8-14-5-1-7-16(9)12/h4,6,9,14H,1-3,5,7-8H2/t9-/m1/s1. The first-order chi connectivity index (χ1) is 7.86. The zero-order chi connectivity index (χ0) is 11.0. The summed E-state index contributed by atoms with van der Waals surface area (Å²) in [5, 5.41) is 3.51. The highest BCUT2D eigenvalue weighted by Gasteiger charge is 2.29. The SMILES string of the molecule is Brc1ccnc2c1CC[C@@H]1CNCCCN21.